The van der Waals surface area contributed by atoms with Crippen molar-refractivity contribution in [2.75, 3.05) is 4.90 Å². The maximum absolute atomic E-state index is 2.39. The van der Waals surface area contributed by atoms with E-state index in [0.29, 0.717) is 0 Å². The molecule has 286 valence electrons. The molecule has 1 heteroatoms. The zero-order valence-corrected chi connectivity index (χ0v) is 33.6. The summed E-state index contributed by atoms with van der Waals surface area (Å²) in [5.74, 6) is 0. The fourth-order valence-electron chi connectivity index (χ4n) is 9.05. The topological polar surface area (TPSA) is 3.24 Å². The summed E-state index contributed by atoms with van der Waals surface area (Å²) in [5.41, 5.74) is 15.3. The highest BCUT2D eigenvalue weighted by Crippen LogP contribution is 2.43. The van der Waals surface area contributed by atoms with Crippen LogP contribution in [0.5, 0.6) is 0 Å². The highest BCUT2D eigenvalue weighted by Gasteiger charge is 2.18. The van der Waals surface area contributed by atoms with Crippen molar-refractivity contribution in [3.05, 3.63) is 249 Å². The summed E-state index contributed by atoms with van der Waals surface area (Å²) in [6, 6.07) is 90.4. The molecule has 0 atom stereocenters. The Balaban J connectivity index is 1.03. The van der Waals surface area contributed by atoms with Crippen molar-refractivity contribution in [1.82, 2.24) is 0 Å². The lowest BCUT2D eigenvalue weighted by Crippen LogP contribution is -2.10. The monoisotopic (exact) mass is 775 g/mol. The SMILES string of the molecule is c1ccc(-c2ccc(N(c3ccc(-c4cc5ccccc5c5ccccc45)cc3)c3ccc(-c4ccc(-c5cccc6ccccc56)cc4)c(-c4ccccc4)c3)cc2)cc1. The summed E-state index contributed by atoms with van der Waals surface area (Å²) in [4.78, 5) is 2.39. The van der Waals surface area contributed by atoms with Crippen molar-refractivity contribution < 1.29 is 0 Å². The minimum Gasteiger partial charge on any atom is -0.310 e. The van der Waals surface area contributed by atoms with E-state index in [0.717, 1.165) is 17.1 Å². The van der Waals surface area contributed by atoms with Crippen LogP contribution in [0.3, 0.4) is 0 Å². The number of anilines is 3. The second kappa shape index (κ2) is 15.6. The fraction of sp³-hybridized carbons (Fsp3) is 0. The van der Waals surface area contributed by atoms with Gasteiger partial charge in [-0.05, 0) is 130 Å². The van der Waals surface area contributed by atoms with Gasteiger partial charge in [-0.2, -0.15) is 0 Å². The molecule has 0 aliphatic heterocycles. The molecule has 0 aromatic heterocycles. The van der Waals surface area contributed by atoms with Crippen LogP contribution in [0.25, 0.3) is 88.0 Å². The second-order valence-electron chi connectivity index (χ2n) is 15.7. The van der Waals surface area contributed by atoms with Crippen LogP contribution in [0.2, 0.25) is 0 Å². The van der Waals surface area contributed by atoms with Gasteiger partial charge in [0.05, 0.1) is 0 Å². The number of hydrogen-bond donors (Lipinski definition) is 0. The standard InChI is InChI=1S/C60H41N/c1-3-14-42(15-4-1)43-30-34-50(35-31-43)61(51-36-32-48(33-37-51)59-40-49-19-8-10-22-55(49)57-23-11-12-24-58(57)59)52-38-39-56(60(41-52)45-16-5-2-6-17-45)47-28-26-46(27-29-47)54-25-13-20-44-18-7-9-21-53(44)54/h1-41H. The van der Waals surface area contributed by atoms with Gasteiger partial charge in [-0.1, -0.05) is 206 Å². The molecule has 0 N–H and O–H groups in total. The lowest BCUT2D eigenvalue weighted by Gasteiger charge is -2.27. The Morgan fingerprint density at radius 3 is 1.33 bits per heavy atom. The van der Waals surface area contributed by atoms with Gasteiger partial charge >= 0.3 is 0 Å². The molecule has 11 aromatic rings. The Bertz CT molecular complexity index is 3310. The number of nitrogens with zero attached hydrogens (tertiary/aromatic N) is 1. The molecular weight excluding hydrogens is 735 g/mol. The Kier molecular flexibility index (Phi) is 9.26. The number of benzene rings is 11. The zero-order valence-electron chi connectivity index (χ0n) is 33.6. The fourth-order valence-corrected chi connectivity index (χ4v) is 9.05. The molecule has 0 saturated heterocycles. The van der Waals surface area contributed by atoms with Crippen molar-refractivity contribution in [2.24, 2.45) is 0 Å². The molecule has 0 unspecified atom stereocenters. The van der Waals surface area contributed by atoms with Crippen LogP contribution in [-0.2, 0) is 0 Å². The summed E-state index contributed by atoms with van der Waals surface area (Å²) in [6.07, 6.45) is 0. The molecule has 0 aliphatic carbocycles. The Labute approximate surface area is 357 Å². The second-order valence-corrected chi connectivity index (χ2v) is 15.7. The third kappa shape index (κ3) is 6.83. The molecule has 0 aliphatic rings. The molecule has 0 fully saturated rings. The molecule has 11 aromatic carbocycles. The lowest BCUT2D eigenvalue weighted by atomic mass is 9.91. The van der Waals surface area contributed by atoms with Gasteiger partial charge in [0.25, 0.3) is 0 Å². The summed E-state index contributed by atoms with van der Waals surface area (Å²) in [6.45, 7) is 0. The van der Waals surface area contributed by atoms with E-state index >= 15 is 0 Å². The van der Waals surface area contributed by atoms with E-state index in [4.69, 9.17) is 0 Å². The summed E-state index contributed by atoms with van der Waals surface area (Å²) in [5, 5.41) is 7.58. The van der Waals surface area contributed by atoms with Crippen LogP contribution < -0.4 is 4.90 Å². The molecule has 0 saturated carbocycles. The summed E-state index contributed by atoms with van der Waals surface area (Å²) >= 11 is 0. The third-order valence-corrected chi connectivity index (χ3v) is 12.1. The van der Waals surface area contributed by atoms with Crippen molar-refractivity contribution in [3.63, 3.8) is 0 Å². The van der Waals surface area contributed by atoms with Crippen LogP contribution in [-0.4, -0.2) is 0 Å². The maximum Gasteiger partial charge on any atom is 0.0468 e. The Morgan fingerprint density at radius 2 is 0.639 bits per heavy atom. The normalized spacial score (nSPS) is 11.3. The van der Waals surface area contributed by atoms with Crippen LogP contribution in [0, 0.1) is 0 Å². The van der Waals surface area contributed by atoms with E-state index in [9.17, 15) is 0 Å². The molecule has 0 radical (unpaired) electrons. The minimum atomic E-state index is 1.09. The molecule has 0 spiro atoms. The van der Waals surface area contributed by atoms with Gasteiger partial charge in [0.2, 0.25) is 0 Å². The average molecular weight is 776 g/mol. The van der Waals surface area contributed by atoms with Gasteiger partial charge in [-0.3, -0.25) is 0 Å². The minimum absolute atomic E-state index is 1.09. The molecule has 1 nitrogen and oxygen atoms in total. The van der Waals surface area contributed by atoms with E-state index in [1.54, 1.807) is 0 Å². The van der Waals surface area contributed by atoms with Gasteiger partial charge < -0.3 is 4.90 Å². The van der Waals surface area contributed by atoms with E-state index in [1.165, 1.54) is 88.0 Å². The Hall–Kier alpha value is -8.00. The predicted octanol–water partition coefficient (Wildman–Crippen LogP) is 17.0. The maximum atomic E-state index is 2.39. The van der Waals surface area contributed by atoms with E-state index in [2.05, 4.69) is 254 Å². The largest absolute Gasteiger partial charge is 0.310 e. The first-order valence-corrected chi connectivity index (χ1v) is 21.0. The van der Waals surface area contributed by atoms with Crippen LogP contribution in [0.4, 0.5) is 17.1 Å². The highest BCUT2D eigenvalue weighted by atomic mass is 15.1. The molecule has 61 heavy (non-hydrogen) atoms. The van der Waals surface area contributed by atoms with Gasteiger partial charge in [0.15, 0.2) is 0 Å². The first-order chi connectivity index (χ1) is 30.2. The van der Waals surface area contributed by atoms with Crippen molar-refractivity contribution in [1.29, 1.82) is 0 Å². The van der Waals surface area contributed by atoms with Gasteiger partial charge in [0.1, 0.15) is 0 Å². The number of fused-ring (bicyclic) bond motifs is 4. The molecule has 0 bridgehead atoms. The zero-order chi connectivity index (χ0) is 40.5. The lowest BCUT2D eigenvalue weighted by molar-refractivity contribution is 1.28. The van der Waals surface area contributed by atoms with Crippen molar-refractivity contribution in [3.8, 4) is 55.6 Å². The summed E-state index contributed by atoms with van der Waals surface area (Å²) in [7, 11) is 0. The molecular formula is C60H41N. The van der Waals surface area contributed by atoms with E-state index < -0.39 is 0 Å². The van der Waals surface area contributed by atoms with Crippen molar-refractivity contribution in [2.45, 2.75) is 0 Å². The van der Waals surface area contributed by atoms with Gasteiger partial charge in [0, 0.05) is 17.1 Å². The highest BCUT2D eigenvalue weighted by molar-refractivity contribution is 6.13. The molecule has 0 amide bonds. The molecule has 11 rings (SSSR count). The first-order valence-electron chi connectivity index (χ1n) is 21.0. The van der Waals surface area contributed by atoms with Crippen LogP contribution in [0.15, 0.2) is 249 Å². The average Bonchev–Trinajstić information content (AvgIpc) is 3.35. The van der Waals surface area contributed by atoms with Crippen molar-refractivity contribution >= 4 is 49.4 Å². The van der Waals surface area contributed by atoms with Gasteiger partial charge in [-0.25, -0.2) is 0 Å². The number of rotatable bonds is 8. The smallest absolute Gasteiger partial charge is 0.0468 e. The van der Waals surface area contributed by atoms with Crippen LogP contribution in [0.1, 0.15) is 0 Å². The van der Waals surface area contributed by atoms with E-state index in [-0.39, 0.29) is 0 Å². The number of hydrogen-bond acceptors (Lipinski definition) is 1. The first kappa shape index (κ1) is 36.1. The van der Waals surface area contributed by atoms with E-state index in [1.807, 2.05) is 0 Å². The summed E-state index contributed by atoms with van der Waals surface area (Å²) < 4.78 is 0. The quantitative estimate of drug-likeness (QED) is 0.139. The van der Waals surface area contributed by atoms with Crippen LogP contribution >= 0.6 is 0 Å². The molecule has 0 heterocycles. The third-order valence-electron chi connectivity index (χ3n) is 12.1. The van der Waals surface area contributed by atoms with Gasteiger partial charge in [-0.15, -0.1) is 0 Å². The predicted molar refractivity (Wildman–Crippen MR) is 261 cm³/mol. The Morgan fingerprint density at radius 1 is 0.197 bits per heavy atom.